The van der Waals surface area contributed by atoms with E-state index in [4.69, 9.17) is 10.2 Å². The van der Waals surface area contributed by atoms with E-state index in [2.05, 4.69) is 75.4 Å². The van der Waals surface area contributed by atoms with E-state index in [0.29, 0.717) is 0 Å². The zero-order valence-corrected chi connectivity index (χ0v) is 16.5. The van der Waals surface area contributed by atoms with Gasteiger partial charge in [-0.25, -0.2) is 0 Å². The summed E-state index contributed by atoms with van der Waals surface area (Å²) < 4.78 is 6.37. The van der Waals surface area contributed by atoms with E-state index < -0.39 is 0 Å². The van der Waals surface area contributed by atoms with Gasteiger partial charge in [-0.2, -0.15) is 0 Å². The molecule has 0 bridgehead atoms. The number of nitrogens with zero attached hydrogens (tertiary/aromatic N) is 1. The number of furan rings is 1. The molecule has 0 saturated carbocycles. The lowest BCUT2D eigenvalue weighted by Gasteiger charge is -2.22. The van der Waals surface area contributed by atoms with Crippen molar-refractivity contribution in [3.05, 3.63) is 93.9 Å². The number of hydrogen-bond donors (Lipinski definition) is 1. The summed E-state index contributed by atoms with van der Waals surface area (Å²) in [5.41, 5.74) is 9.64. The SMILES string of the molecule is NCCCN(Cc1ccccc1)Cc1ccc(Cc2ccc(Br)o2)cc1. The molecule has 0 spiro atoms. The summed E-state index contributed by atoms with van der Waals surface area (Å²) >= 11 is 3.35. The Labute approximate surface area is 163 Å². The van der Waals surface area contributed by atoms with E-state index >= 15 is 0 Å². The predicted molar refractivity (Wildman–Crippen MR) is 110 cm³/mol. The molecule has 4 heteroatoms. The Bertz CT molecular complexity index is 783. The van der Waals surface area contributed by atoms with Gasteiger partial charge < -0.3 is 10.2 Å². The summed E-state index contributed by atoms with van der Waals surface area (Å²) in [6.45, 7) is 3.61. The molecule has 0 fully saturated rings. The van der Waals surface area contributed by atoms with Gasteiger partial charge in [0.2, 0.25) is 0 Å². The van der Waals surface area contributed by atoms with Crippen LogP contribution < -0.4 is 5.73 Å². The second-order valence-corrected chi connectivity index (χ2v) is 7.32. The van der Waals surface area contributed by atoms with Gasteiger partial charge in [-0.15, -0.1) is 0 Å². The molecule has 0 unspecified atom stereocenters. The average molecular weight is 413 g/mol. The summed E-state index contributed by atoms with van der Waals surface area (Å²) in [6, 6.07) is 23.4. The largest absolute Gasteiger partial charge is 0.454 e. The van der Waals surface area contributed by atoms with E-state index in [1.165, 1.54) is 16.7 Å². The first kappa shape index (κ1) is 18.9. The molecule has 0 atom stereocenters. The highest BCUT2D eigenvalue weighted by molar-refractivity contribution is 9.10. The van der Waals surface area contributed by atoms with Gasteiger partial charge in [0.15, 0.2) is 4.67 Å². The lowest BCUT2D eigenvalue weighted by atomic mass is 10.1. The van der Waals surface area contributed by atoms with Crippen molar-refractivity contribution in [1.29, 1.82) is 0 Å². The highest BCUT2D eigenvalue weighted by atomic mass is 79.9. The van der Waals surface area contributed by atoms with Gasteiger partial charge in [0.05, 0.1) is 0 Å². The van der Waals surface area contributed by atoms with Crippen molar-refractivity contribution in [3.63, 3.8) is 0 Å². The molecule has 0 radical (unpaired) electrons. The van der Waals surface area contributed by atoms with Gasteiger partial charge in [0, 0.05) is 26.1 Å². The first-order chi connectivity index (χ1) is 12.7. The van der Waals surface area contributed by atoms with Crippen molar-refractivity contribution in [2.75, 3.05) is 13.1 Å². The maximum Gasteiger partial charge on any atom is 0.169 e. The smallest absolute Gasteiger partial charge is 0.169 e. The van der Waals surface area contributed by atoms with Gasteiger partial charge in [-0.05, 0) is 57.7 Å². The lowest BCUT2D eigenvalue weighted by Crippen LogP contribution is -2.25. The van der Waals surface area contributed by atoms with Crippen LogP contribution in [0.4, 0.5) is 0 Å². The standard InChI is InChI=1S/C22H25BrN2O/c23-22-12-11-21(26-22)15-18-7-9-20(10-8-18)17-25(14-4-13-24)16-19-5-2-1-3-6-19/h1-3,5-12H,4,13-17,24H2. The van der Waals surface area contributed by atoms with Crippen LogP contribution in [0.3, 0.4) is 0 Å². The minimum atomic E-state index is 0.725. The Morgan fingerprint density at radius 3 is 2.08 bits per heavy atom. The maximum atomic E-state index is 5.72. The first-order valence-corrected chi connectivity index (χ1v) is 9.80. The topological polar surface area (TPSA) is 42.4 Å². The zero-order valence-electron chi connectivity index (χ0n) is 14.9. The number of hydrogen-bond acceptors (Lipinski definition) is 3. The third-order valence-corrected chi connectivity index (χ3v) is 4.79. The highest BCUT2D eigenvalue weighted by Crippen LogP contribution is 2.18. The maximum absolute atomic E-state index is 5.72. The van der Waals surface area contributed by atoms with Crippen LogP contribution in [0.2, 0.25) is 0 Å². The fourth-order valence-electron chi connectivity index (χ4n) is 3.04. The van der Waals surface area contributed by atoms with Gasteiger partial charge in [-0.1, -0.05) is 54.6 Å². The summed E-state index contributed by atoms with van der Waals surface area (Å²) in [5.74, 6) is 0.971. The zero-order chi connectivity index (χ0) is 18.2. The summed E-state index contributed by atoms with van der Waals surface area (Å²) in [6.07, 6.45) is 1.82. The molecule has 136 valence electrons. The van der Waals surface area contributed by atoms with Crippen LogP contribution in [0.1, 0.15) is 28.9 Å². The van der Waals surface area contributed by atoms with Gasteiger partial charge in [0.25, 0.3) is 0 Å². The van der Waals surface area contributed by atoms with E-state index in [-0.39, 0.29) is 0 Å². The Hall–Kier alpha value is -1.88. The van der Waals surface area contributed by atoms with Crippen molar-refractivity contribution in [3.8, 4) is 0 Å². The minimum absolute atomic E-state index is 0.725. The van der Waals surface area contributed by atoms with Crippen molar-refractivity contribution >= 4 is 15.9 Å². The molecular weight excluding hydrogens is 388 g/mol. The van der Waals surface area contributed by atoms with E-state index in [1.807, 2.05) is 12.1 Å². The predicted octanol–water partition coefficient (Wildman–Crippen LogP) is 4.98. The molecule has 2 N–H and O–H groups in total. The number of benzene rings is 2. The first-order valence-electron chi connectivity index (χ1n) is 9.01. The molecule has 3 aromatic rings. The second kappa shape index (κ2) is 9.72. The van der Waals surface area contributed by atoms with Crippen molar-refractivity contribution in [2.24, 2.45) is 5.73 Å². The molecule has 2 aromatic carbocycles. The summed E-state index contributed by atoms with van der Waals surface area (Å²) in [5, 5.41) is 0. The van der Waals surface area contributed by atoms with Crippen molar-refractivity contribution in [2.45, 2.75) is 25.9 Å². The van der Waals surface area contributed by atoms with E-state index in [9.17, 15) is 0 Å². The molecule has 3 nitrogen and oxygen atoms in total. The van der Waals surface area contributed by atoms with Crippen LogP contribution in [0, 0.1) is 0 Å². The molecule has 1 heterocycles. The lowest BCUT2D eigenvalue weighted by molar-refractivity contribution is 0.255. The Morgan fingerprint density at radius 1 is 0.808 bits per heavy atom. The Balaban J connectivity index is 1.62. The molecule has 3 rings (SSSR count). The molecule has 0 amide bonds. The van der Waals surface area contributed by atoms with Crippen LogP contribution in [0.15, 0.2) is 75.8 Å². The third kappa shape index (κ3) is 5.84. The average Bonchev–Trinajstić information content (AvgIpc) is 3.07. The van der Waals surface area contributed by atoms with Crippen molar-refractivity contribution < 1.29 is 4.42 Å². The molecular formula is C22H25BrN2O. The summed E-state index contributed by atoms with van der Waals surface area (Å²) in [7, 11) is 0. The molecule has 0 aliphatic carbocycles. The molecule has 0 aliphatic heterocycles. The van der Waals surface area contributed by atoms with Crippen LogP contribution in [0.25, 0.3) is 0 Å². The number of halogens is 1. The Morgan fingerprint density at radius 2 is 1.46 bits per heavy atom. The summed E-state index contributed by atoms with van der Waals surface area (Å²) in [4.78, 5) is 2.46. The number of nitrogens with two attached hydrogens (primary N) is 1. The highest BCUT2D eigenvalue weighted by Gasteiger charge is 2.08. The number of rotatable bonds is 9. The fourth-order valence-corrected chi connectivity index (χ4v) is 3.38. The normalized spacial score (nSPS) is 11.2. The molecule has 0 saturated heterocycles. The fraction of sp³-hybridized carbons (Fsp3) is 0.273. The quantitative estimate of drug-likeness (QED) is 0.538. The minimum Gasteiger partial charge on any atom is -0.454 e. The van der Waals surface area contributed by atoms with Gasteiger partial charge in [0.1, 0.15) is 5.76 Å². The van der Waals surface area contributed by atoms with Crippen LogP contribution >= 0.6 is 15.9 Å². The molecule has 26 heavy (non-hydrogen) atoms. The van der Waals surface area contributed by atoms with Crippen molar-refractivity contribution in [1.82, 2.24) is 4.90 Å². The Kier molecular flexibility index (Phi) is 7.06. The molecule has 1 aromatic heterocycles. The van der Waals surface area contributed by atoms with Gasteiger partial charge >= 0.3 is 0 Å². The van der Waals surface area contributed by atoms with Crippen LogP contribution in [-0.2, 0) is 19.5 Å². The second-order valence-electron chi connectivity index (χ2n) is 6.54. The van der Waals surface area contributed by atoms with Crippen LogP contribution in [0.5, 0.6) is 0 Å². The molecule has 0 aliphatic rings. The monoisotopic (exact) mass is 412 g/mol. The van der Waals surface area contributed by atoms with Gasteiger partial charge in [-0.3, -0.25) is 4.90 Å². The van der Waals surface area contributed by atoms with Crippen LogP contribution in [-0.4, -0.2) is 18.0 Å². The van der Waals surface area contributed by atoms with E-state index in [0.717, 1.165) is 49.5 Å². The third-order valence-electron chi connectivity index (χ3n) is 4.36. The van der Waals surface area contributed by atoms with E-state index in [1.54, 1.807) is 0 Å².